The lowest BCUT2D eigenvalue weighted by Gasteiger charge is -2.36. The Morgan fingerprint density at radius 1 is 0.926 bits per heavy atom. The summed E-state index contributed by atoms with van der Waals surface area (Å²) in [6, 6.07) is 10.6. The Kier molecular flexibility index (Phi) is 5.92. The molecule has 0 saturated heterocycles. The van der Waals surface area contributed by atoms with Gasteiger partial charge in [-0.3, -0.25) is 0 Å². The molecule has 1 aliphatic rings. The molecule has 0 N–H and O–H groups in total. The van der Waals surface area contributed by atoms with Gasteiger partial charge in [0.1, 0.15) is 0 Å². The normalized spacial score (nSPS) is 22.0. The molecule has 2 atom stereocenters. The molecule has 146 valence electrons. The Morgan fingerprint density at radius 3 is 2.22 bits per heavy atom. The van der Waals surface area contributed by atoms with Crippen molar-refractivity contribution in [3.8, 4) is 0 Å². The minimum Gasteiger partial charge on any atom is -0.206 e. The van der Waals surface area contributed by atoms with Crippen molar-refractivity contribution in [2.24, 2.45) is 0 Å². The minimum absolute atomic E-state index is 0.149. The third kappa shape index (κ3) is 4.04. The van der Waals surface area contributed by atoms with E-state index < -0.39 is 23.5 Å². The average Bonchev–Trinajstić information content (AvgIpc) is 2.65. The molecule has 0 heterocycles. The van der Waals surface area contributed by atoms with Gasteiger partial charge in [-0.05, 0) is 53.9 Å². The molecule has 27 heavy (non-hydrogen) atoms. The van der Waals surface area contributed by atoms with Crippen molar-refractivity contribution in [3.63, 3.8) is 0 Å². The van der Waals surface area contributed by atoms with Gasteiger partial charge in [0.05, 0.1) is 5.92 Å². The summed E-state index contributed by atoms with van der Waals surface area (Å²) in [5, 5.41) is 0. The first-order valence-electron chi connectivity index (χ1n) is 9.80. The zero-order valence-electron chi connectivity index (χ0n) is 15.9. The van der Waals surface area contributed by atoms with Crippen LogP contribution < -0.4 is 0 Å². The van der Waals surface area contributed by atoms with Gasteiger partial charge in [-0.2, -0.15) is 0 Å². The van der Waals surface area contributed by atoms with Crippen molar-refractivity contribution in [2.45, 2.75) is 70.1 Å². The summed E-state index contributed by atoms with van der Waals surface area (Å²) < 4.78 is 58.3. The van der Waals surface area contributed by atoms with Crippen molar-refractivity contribution in [3.05, 3.63) is 70.3 Å². The fourth-order valence-corrected chi connectivity index (χ4v) is 4.21. The lowest BCUT2D eigenvalue weighted by molar-refractivity contribution is -0.0625. The van der Waals surface area contributed by atoms with Crippen LogP contribution >= 0.6 is 0 Å². The molecular weight excluding hydrogens is 352 g/mol. The molecule has 1 fully saturated rings. The Balaban J connectivity index is 1.81. The maximum atomic E-state index is 14.9. The fourth-order valence-electron chi connectivity index (χ4n) is 4.21. The first kappa shape index (κ1) is 19.9. The van der Waals surface area contributed by atoms with E-state index in [1.165, 1.54) is 17.7 Å². The molecule has 0 aliphatic heterocycles. The van der Waals surface area contributed by atoms with Gasteiger partial charge in [0.2, 0.25) is 0 Å². The SMILES string of the molecule is CCCc1ccc([C@H]2CC[C@H](c3ccc(CC)c(F)c3F)C(F)(F)C2)cc1. The van der Waals surface area contributed by atoms with Gasteiger partial charge in [0.15, 0.2) is 11.6 Å². The van der Waals surface area contributed by atoms with Crippen molar-refractivity contribution < 1.29 is 17.6 Å². The number of hydrogen-bond acceptors (Lipinski definition) is 0. The third-order valence-electron chi connectivity index (χ3n) is 5.77. The molecule has 0 unspecified atom stereocenters. The van der Waals surface area contributed by atoms with Gasteiger partial charge in [-0.15, -0.1) is 0 Å². The van der Waals surface area contributed by atoms with E-state index in [0.29, 0.717) is 12.8 Å². The van der Waals surface area contributed by atoms with E-state index in [0.717, 1.165) is 18.4 Å². The van der Waals surface area contributed by atoms with E-state index in [1.54, 1.807) is 6.92 Å². The predicted octanol–water partition coefficient (Wildman–Crippen LogP) is 7.17. The molecule has 0 nitrogen and oxygen atoms in total. The van der Waals surface area contributed by atoms with Crippen molar-refractivity contribution in [1.82, 2.24) is 0 Å². The lowest BCUT2D eigenvalue weighted by atomic mass is 9.73. The summed E-state index contributed by atoms with van der Waals surface area (Å²) >= 11 is 0. The number of benzene rings is 2. The van der Waals surface area contributed by atoms with Gasteiger partial charge in [0.25, 0.3) is 5.92 Å². The number of alkyl halides is 2. The van der Waals surface area contributed by atoms with Crippen molar-refractivity contribution >= 4 is 0 Å². The van der Waals surface area contributed by atoms with Gasteiger partial charge in [0, 0.05) is 6.42 Å². The predicted molar refractivity (Wildman–Crippen MR) is 100 cm³/mol. The zero-order chi connectivity index (χ0) is 19.6. The molecule has 0 spiro atoms. The second kappa shape index (κ2) is 8.04. The van der Waals surface area contributed by atoms with E-state index in [9.17, 15) is 17.6 Å². The largest absolute Gasteiger partial charge is 0.255 e. The summed E-state index contributed by atoms with van der Waals surface area (Å²) in [6.45, 7) is 3.81. The Bertz CT molecular complexity index is 780. The number of rotatable bonds is 5. The molecule has 0 radical (unpaired) electrons. The molecule has 4 heteroatoms. The van der Waals surface area contributed by atoms with Gasteiger partial charge in [-0.1, -0.05) is 56.7 Å². The van der Waals surface area contributed by atoms with Crippen LogP contribution in [0.5, 0.6) is 0 Å². The minimum atomic E-state index is -3.06. The number of aryl methyl sites for hydroxylation is 2. The van der Waals surface area contributed by atoms with Crippen LogP contribution in [0.2, 0.25) is 0 Å². The molecule has 2 aromatic rings. The molecule has 2 aromatic carbocycles. The second-order valence-electron chi connectivity index (χ2n) is 7.58. The van der Waals surface area contributed by atoms with Gasteiger partial charge in [-0.25, -0.2) is 17.6 Å². The van der Waals surface area contributed by atoms with Gasteiger partial charge >= 0.3 is 0 Å². The first-order valence-corrected chi connectivity index (χ1v) is 9.80. The quantitative estimate of drug-likeness (QED) is 0.484. The zero-order valence-corrected chi connectivity index (χ0v) is 15.9. The Labute approximate surface area is 158 Å². The maximum absolute atomic E-state index is 14.9. The van der Waals surface area contributed by atoms with Crippen LogP contribution in [0.15, 0.2) is 36.4 Å². The summed E-state index contributed by atoms with van der Waals surface area (Å²) in [5.41, 5.74) is 2.14. The van der Waals surface area contributed by atoms with E-state index in [1.807, 2.05) is 24.3 Å². The van der Waals surface area contributed by atoms with Gasteiger partial charge < -0.3 is 0 Å². The van der Waals surface area contributed by atoms with E-state index in [4.69, 9.17) is 0 Å². The summed E-state index contributed by atoms with van der Waals surface area (Å²) in [5.74, 6) is -6.68. The van der Waals surface area contributed by atoms with Crippen molar-refractivity contribution in [1.29, 1.82) is 0 Å². The standard InChI is InChI=1S/C23H26F4/c1-3-5-15-6-8-17(9-7-15)18-11-13-20(23(26,27)14-18)19-12-10-16(4-2)21(24)22(19)25/h6-10,12,18,20H,3-5,11,13-14H2,1-2H3/t18-,20+/m0/s1. The fraction of sp³-hybridized carbons (Fsp3) is 0.478. The average molecular weight is 378 g/mol. The molecule has 0 aromatic heterocycles. The number of halogens is 4. The highest BCUT2D eigenvalue weighted by Crippen LogP contribution is 2.50. The van der Waals surface area contributed by atoms with E-state index in [-0.39, 0.29) is 29.9 Å². The molecule has 0 amide bonds. The van der Waals surface area contributed by atoms with Crippen LogP contribution in [0.1, 0.15) is 73.6 Å². The highest BCUT2D eigenvalue weighted by Gasteiger charge is 2.47. The summed E-state index contributed by atoms with van der Waals surface area (Å²) in [4.78, 5) is 0. The Hall–Kier alpha value is -1.84. The summed E-state index contributed by atoms with van der Waals surface area (Å²) in [7, 11) is 0. The Morgan fingerprint density at radius 2 is 1.63 bits per heavy atom. The molecular formula is C23H26F4. The smallest absolute Gasteiger partial charge is 0.206 e. The molecule has 0 bridgehead atoms. The molecule has 1 aliphatic carbocycles. The van der Waals surface area contributed by atoms with Crippen LogP contribution in [-0.4, -0.2) is 5.92 Å². The van der Waals surface area contributed by atoms with E-state index >= 15 is 0 Å². The monoisotopic (exact) mass is 378 g/mol. The highest BCUT2D eigenvalue weighted by atomic mass is 19.3. The van der Waals surface area contributed by atoms with Crippen LogP contribution in [0.4, 0.5) is 17.6 Å². The van der Waals surface area contributed by atoms with Crippen LogP contribution in [0.3, 0.4) is 0 Å². The highest BCUT2D eigenvalue weighted by molar-refractivity contribution is 5.32. The maximum Gasteiger partial charge on any atom is 0.255 e. The van der Waals surface area contributed by atoms with Crippen LogP contribution in [0.25, 0.3) is 0 Å². The first-order chi connectivity index (χ1) is 12.9. The third-order valence-corrected chi connectivity index (χ3v) is 5.77. The molecule has 3 rings (SSSR count). The second-order valence-corrected chi connectivity index (χ2v) is 7.58. The van der Waals surface area contributed by atoms with Crippen molar-refractivity contribution in [2.75, 3.05) is 0 Å². The number of hydrogen-bond donors (Lipinski definition) is 0. The summed E-state index contributed by atoms with van der Waals surface area (Å²) in [6.07, 6.45) is 2.71. The topological polar surface area (TPSA) is 0 Å². The van der Waals surface area contributed by atoms with Crippen LogP contribution in [0, 0.1) is 11.6 Å². The van der Waals surface area contributed by atoms with Crippen LogP contribution in [-0.2, 0) is 12.8 Å². The lowest BCUT2D eigenvalue weighted by Crippen LogP contribution is -2.34. The molecule has 1 saturated carbocycles. The van der Waals surface area contributed by atoms with E-state index in [2.05, 4.69) is 6.92 Å².